The van der Waals surface area contributed by atoms with Crippen molar-refractivity contribution in [1.82, 2.24) is 0 Å². The molecule has 0 atom stereocenters. The van der Waals surface area contributed by atoms with Crippen molar-refractivity contribution in [2.45, 2.75) is 76.7 Å². The van der Waals surface area contributed by atoms with Crippen molar-refractivity contribution < 1.29 is 14.2 Å². The first kappa shape index (κ1) is 18.2. The van der Waals surface area contributed by atoms with E-state index in [4.69, 9.17) is 14.2 Å². The maximum absolute atomic E-state index is 6.53. The minimum Gasteiger partial charge on any atom is -0.384 e. The Morgan fingerprint density at radius 1 is 0.818 bits per heavy atom. The first-order valence-corrected chi connectivity index (χ1v) is 9.26. The smallest absolute Gasteiger partial charge is 0.0654 e. The maximum atomic E-state index is 6.53. The van der Waals surface area contributed by atoms with Gasteiger partial charge in [0.2, 0.25) is 0 Å². The van der Waals surface area contributed by atoms with Crippen molar-refractivity contribution in [3.05, 3.63) is 0 Å². The van der Waals surface area contributed by atoms with Gasteiger partial charge in [0, 0.05) is 19.6 Å². The number of rotatable bonds is 8. The zero-order chi connectivity index (χ0) is 15.9. The Balaban J connectivity index is 2.04. The standard InChI is InChI=1S/C19H36O3/c1-18(12-8-5-9-13-18)22-16-19(14-20-2,15-21-3)17-10-6-4-7-11-17/h17H,4-16H2,1-3H3. The van der Waals surface area contributed by atoms with Crippen LogP contribution in [0, 0.1) is 11.3 Å². The van der Waals surface area contributed by atoms with E-state index in [1.54, 1.807) is 0 Å². The van der Waals surface area contributed by atoms with Crippen LogP contribution in [0.3, 0.4) is 0 Å². The summed E-state index contributed by atoms with van der Waals surface area (Å²) in [5.41, 5.74) is 0.101. The number of hydrogen-bond donors (Lipinski definition) is 0. The molecule has 0 spiro atoms. The molecule has 0 heterocycles. The summed E-state index contributed by atoms with van der Waals surface area (Å²) in [6.45, 7) is 4.59. The normalized spacial score (nSPS) is 23.6. The average Bonchev–Trinajstić information content (AvgIpc) is 2.55. The van der Waals surface area contributed by atoms with Crippen LogP contribution >= 0.6 is 0 Å². The fourth-order valence-corrected chi connectivity index (χ4v) is 4.53. The zero-order valence-electron chi connectivity index (χ0n) is 15.0. The van der Waals surface area contributed by atoms with Crippen LogP contribution < -0.4 is 0 Å². The van der Waals surface area contributed by atoms with Crippen molar-refractivity contribution in [3.8, 4) is 0 Å². The molecular formula is C19H36O3. The van der Waals surface area contributed by atoms with Crippen LogP contribution in [0.5, 0.6) is 0 Å². The van der Waals surface area contributed by atoms with Gasteiger partial charge in [0.1, 0.15) is 0 Å². The molecule has 2 aliphatic carbocycles. The summed E-state index contributed by atoms with van der Waals surface area (Å²) in [6, 6.07) is 0. The van der Waals surface area contributed by atoms with Gasteiger partial charge < -0.3 is 14.2 Å². The van der Waals surface area contributed by atoms with E-state index in [1.807, 2.05) is 14.2 Å². The molecule has 0 aromatic heterocycles. The SMILES string of the molecule is COCC(COC)(COC1(C)CCCCC1)C1CCCCC1. The summed E-state index contributed by atoms with van der Waals surface area (Å²) in [4.78, 5) is 0. The molecule has 2 rings (SSSR count). The second kappa shape index (κ2) is 8.65. The van der Waals surface area contributed by atoms with E-state index in [2.05, 4.69) is 6.92 Å². The Labute approximate surface area is 137 Å². The lowest BCUT2D eigenvalue weighted by atomic mass is 9.69. The van der Waals surface area contributed by atoms with E-state index in [0.29, 0.717) is 5.92 Å². The molecule has 130 valence electrons. The summed E-state index contributed by atoms with van der Waals surface area (Å²) >= 11 is 0. The van der Waals surface area contributed by atoms with Crippen molar-refractivity contribution in [3.63, 3.8) is 0 Å². The highest BCUT2D eigenvalue weighted by molar-refractivity contribution is 4.90. The molecule has 22 heavy (non-hydrogen) atoms. The minimum absolute atomic E-state index is 0.0321. The fraction of sp³-hybridized carbons (Fsp3) is 1.00. The topological polar surface area (TPSA) is 27.7 Å². The van der Waals surface area contributed by atoms with Crippen LogP contribution in [0.15, 0.2) is 0 Å². The monoisotopic (exact) mass is 312 g/mol. The first-order chi connectivity index (χ1) is 10.6. The van der Waals surface area contributed by atoms with Gasteiger partial charge in [0.15, 0.2) is 0 Å². The average molecular weight is 312 g/mol. The van der Waals surface area contributed by atoms with Crippen LogP contribution in [-0.4, -0.2) is 39.6 Å². The molecule has 3 nitrogen and oxygen atoms in total. The van der Waals surface area contributed by atoms with Gasteiger partial charge in [-0.15, -0.1) is 0 Å². The highest BCUT2D eigenvalue weighted by atomic mass is 16.5. The molecule has 0 radical (unpaired) electrons. The predicted molar refractivity (Wildman–Crippen MR) is 90.2 cm³/mol. The van der Waals surface area contributed by atoms with E-state index in [1.165, 1.54) is 64.2 Å². The van der Waals surface area contributed by atoms with Crippen molar-refractivity contribution in [1.29, 1.82) is 0 Å². The Morgan fingerprint density at radius 2 is 1.36 bits per heavy atom. The highest BCUT2D eigenvalue weighted by Gasteiger charge is 2.42. The number of ether oxygens (including phenoxy) is 3. The van der Waals surface area contributed by atoms with E-state index in [-0.39, 0.29) is 11.0 Å². The largest absolute Gasteiger partial charge is 0.384 e. The van der Waals surface area contributed by atoms with Crippen LogP contribution in [0.1, 0.15) is 71.1 Å². The third-order valence-corrected chi connectivity index (χ3v) is 5.95. The fourth-order valence-electron chi connectivity index (χ4n) is 4.53. The van der Waals surface area contributed by atoms with Gasteiger partial charge in [-0.3, -0.25) is 0 Å². The van der Waals surface area contributed by atoms with E-state index < -0.39 is 0 Å². The molecule has 0 aromatic rings. The number of methoxy groups -OCH3 is 2. The van der Waals surface area contributed by atoms with Crippen LogP contribution in [0.2, 0.25) is 0 Å². The quantitative estimate of drug-likeness (QED) is 0.656. The Kier molecular flexibility index (Phi) is 7.17. The second-order valence-electron chi connectivity index (χ2n) is 7.86. The molecule has 0 aromatic carbocycles. The Morgan fingerprint density at radius 3 is 1.91 bits per heavy atom. The lowest BCUT2D eigenvalue weighted by molar-refractivity contribution is -0.144. The second-order valence-corrected chi connectivity index (χ2v) is 7.86. The van der Waals surface area contributed by atoms with Crippen molar-refractivity contribution >= 4 is 0 Å². The third-order valence-electron chi connectivity index (χ3n) is 5.95. The van der Waals surface area contributed by atoms with Crippen LogP contribution in [0.4, 0.5) is 0 Å². The molecule has 2 aliphatic rings. The van der Waals surface area contributed by atoms with Gasteiger partial charge in [-0.1, -0.05) is 38.5 Å². The molecule has 0 unspecified atom stereocenters. The van der Waals surface area contributed by atoms with Gasteiger partial charge in [0.25, 0.3) is 0 Å². The molecule has 0 bridgehead atoms. The Bertz CT molecular complexity index is 298. The Hall–Kier alpha value is -0.120. The third kappa shape index (κ3) is 4.69. The van der Waals surface area contributed by atoms with Crippen LogP contribution in [-0.2, 0) is 14.2 Å². The van der Waals surface area contributed by atoms with E-state index >= 15 is 0 Å². The van der Waals surface area contributed by atoms with Crippen LogP contribution in [0.25, 0.3) is 0 Å². The summed E-state index contributed by atoms with van der Waals surface area (Å²) in [5, 5.41) is 0. The van der Waals surface area contributed by atoms with Crippen molar-refractivity contribution in [2.75, 3.05) is 34.0 Å². The molecule has 0 amide bonds. The molecule has 2 saturated carbocycles. The van der Waals surface area contributed by atoms with Gasteiger partial charge in [-0.25, -0.2) is 0 Å². The lowest BCUT2D eigenvalue weighted by Crippen LogP contribution is -2.47. The molecule has 2 fully saturated rings. The summed E-state index contributed by atoms with van der Waals surface area (Å²) in [7, 11) is 3.63. The van der Waals surface area contributed by atoms with Gasteiger partial charge >= 0.3 is 0 Å². The van der Waals surface area contributed by atoms with Gasteiger partial charge in [-0.2, -0.15) is 0 Å². The lowest BCUT2D eigenvalue weighted by Gasteiger charge is -2.44. The molecular weight excluding hydrogens is 276 g/mol. The summed E-state index contributed by atoms with van der Waals surface area (Å²) in [5.74, 6) is 0.674. The van der Waals surface area contributed by atoms with Gasteiger partial charge in [-0.05, 0) is 38.5 Å². The van der Waals surface area contributed by atoms with E-state index in [9.17, 15) is 0 Å². The zero-order valence-corrected chi connectivity index (χ0v) is 15.0. The van der Waals surface area contributed by atoms with Crippen molar-refractivity contribution in [2.24, 2.45) is 11.3 Å². The van der Waals surface area contributed by atoms with E-state index in [0.717, 1.165) is 19.8 Å². The molecule has 0 aliphatic heterocycles. The highest BCUT2D eigenvalue weighted by Crippen LogP contribution is 2.41. The molecule has 3 heteroatoms. The maximum Gasteiger partial charge on any atom is 0.0654 e. The molecule has 0 N–H and O–H groups in total. The summed E-state index contributed by atoms with van der Waals surface area (Å²) < 4.78 is 17.8. The first-order valence-electron chi connectivity index (χ1n) is 9.26. The van der Waals surface area contributed by atoms with Gasteiger partial charge in [0.05, 0.1) is 25.4 Å². The summed E-state index contributed by atoms with van der Waals surface area (Å²) in [6.07, 6.45) is 13.0. The number of hydrogen-bond acceptors (Lipinski definition) is 3. The molecule has 0 saturated heterocycles. The minimum atomic E-state index is 0.0321. The predicted octanol–water partition coefficient (Wildman–Crippen LogP) is 4.59.